The number of aryl methyl sites for hydroxylation is 1. The molecular weight excluding hydrogens is 431 g/mol. The lowest BCUT2D eigenvalue weighted by Gasteiger charge is -2.37. The lowest BCUT2D eigenvalue weighted by Crippen LogP contribution is -2.53. The van der Waals surface area contributed by atoms with Gasteiger partial charge in [-0.2, -0.15) is 4.31 Å². The molecular formula is C21H22F3N3O3S. The first-order chi connectivity index (χ1) is 14.8. The van der Waals surface area contributed by atoms with Crippen molar-refractivity contribution >= 4 is 21.6 Å². The molecule has 1 saturated heterocycles. The normalized spacial score (nSPS) is 17.5. The molecule has 0 aliphatic carbocycles. The van der Waals surface area contributed by atoms with Gasteiger partial charge < -0.3 is 9.80 Å². The number of fused-ring (bicyclic) bond motifs is 1. The molecule has 0 spiro atoms. The first-order valence-electron chi connectivity index (χ1n) is 10.0. The van der Waals surface area contributed by atoms with Crippen molar-refractivity contribution in [3.8, 4) is 0 Å². The number of benzene rings is 2. The highest BCUT2D eigenvalue weighted by Gasteiger charge is 2.31. The Morgan fingerprint density at radius 2 is 1.58 bits per heavy atom. The minimum Gasteiger partial charge on any atom is -0.360 e. The number of rotatable bonds is 4. The van der Waals surface area contributed by atoms with Crippen molar-refractivity contribution in [2.75, 3.05) is 44.2 Å². The smallest absolute Gasteiger partial charge is 0.243 e. The second-order valence-corrected chi connectivity index (χ2v) is 9.60. The van der Waals surface area contributed by atoms with Gasteiger partial charge >= 0.3 is 0 Å². The first-order valence-corrected chi connectivity index (χ1v) is 11.5. The Bertz CT molecular complexity index is 1090. The second kappa shape index (κ2) is 8.51. The molecule has 1 fully saturated rings. The van der Waals surface area contributed by atoms with E-state index in [0.29, 0.717) is 24.9 Å². The molecule has 10 heteroatoms. The molecule has 0 N–H and O–H groups in total. The molecule has 166 valence electrons. The van der Waals surface area contributed by atoms with Crippen LogP contribution < -0.4 is 4.90 Å². The molecule has 4 rings (SSSR count). The van der Waals surface area contributed by atoms with Gasteiger partial charge in [-0.3, -0.25) is 4.79 Å². The molecule has 2 aliphatic heterocycles. The SMILES string of the molecule is O=C(CN1CCCc2cc(F)cc(F)c21)N1CCN(S(=O)(=O)c2ccc(F)cc2)CC1. The number of carbonyl (C=O) groups excluding carboxylic acids is 1. The third-order valence-electron chi connectivity index (χ3n) is 5.67. The Morgan fingerprint density at radius 1 is 0.903 bits per heavy atom. The zero-order chi connectivity index (χ0) is 22.2. The number of amides is 1. The Kier molecular flexibility index (Phi) is 5.94. The Hall–Kier alpha value is -2.59. The largest absolute Gasteiger partial charge is 0.360 e. The fraction of sp³-hybridized carbons (Fsp3) is 0.381. The van der Waals surface area contributed by atoms with Crippen LogP contribution in [0.15, 0.2) is 41.3 Å². The summed E-state index contributed by atoms with van der Waals surface area (Å²) < 4.78 is 67.6. The highest BCUT2D eigenvalue weighted by Crippen LogP contribution is 2.31. The van der Waals surface area contributed by atoms with Gasteiger partial charge in [0.2, 0.25) is 15.9 Å². The van der Waals surface area contributed by atoms with Gasteiger partial charge in [0.05, 0.1) is 17.1 Å². The molecule has 1 amide bonds. The van der Waals surface area contributed by atoms with Crippen molar-refractivity contribution in [3.05, 3.63) is 59.4 Å². The average Bonchev–Trinajstić information content (AvgIpc) is 2.74. The molecule has 0 radical (unpaired) electrons. The molecule has 2 heterocycles. The summed E-state index contributed by atoms with van der Waals surface area (Å²) in [6.45, 7) is 1.06. The van der Waals surface area contributed by atoms with Crippen LogP contribution in [-0.4, -0.2) is 62.8 Å². The van der Waals surface area contributed by atoms with E-state index in [9.17, 15) is 26.4 Å². The molecule has 0 aromatic heterocycles. The topological polar surface area (TPSA) is 60.9 Å². The maximum atomic E-state index is 14.3. The maximum absolute atomic E-state index is 14.3. The summed E-state index contributed by atoms with van der Waals surface area (Å²) in [7, 11) is -3.77. The van der Waals surface area contributed by atoms with Crippen LogP contribution in [0.5, 0.6) is 0 Å². The van der Waals surface area contributed by atoms with Crippen molar-refractivity contribution in [3.63, 3.8) is 0 Å². The van der Waals surface area contributed by atoms with E-state index in [1.54, 1.807) is 9.80 Å². The fourth-order valence-electron chi connectivity index (χ4n) is 4.09. The lowest BCUT2D eigenvalue weighted by atomic mass is 10.0. The maximum Gasteiger partial charge on any atom is 0.243 e. The number of hydrogen-bond donors (Lipinski definition) is 0. The number of nitrogens with zero attached hydrogens (tertiary/aromatic N) is 3. The summed E-state index contributed by atoms with van der Waals surface area (Å²) in [6, 6.07) is 6.73. The second-order valence-electron chi connectivity index (χ2n) is 7.66. The van der Waals surface area contributed by atoms with Crippen LogP contribution in [0.4, 0.5) is 18.9 Å². The van der Waals surface area contributed by atoms with E-state index in [4.69, 9.17) is 0 Å². The summed E-state index contributed by atoms with van der Waals surface area (Å²) in [4.78, 5) is 16.0. The van der Waals surface area contributed by atoms with Crippen LogP contribution in [0.1, 0.15) is 12.0 Å². The molecule has 31 heavy (non-hydrogen) atoms. The Labute approximate surface area is 178 Å². The van der Waals surface area contributed by atoms with Crippen LogP contribution in [0, 0.1) is 17.5 Å². The first kappa shape index (κ1) is 21.6. The van der Waals surface area contributed by atoms with Crippen molar-refractivity contribution in [2.24, 2.45) is 0 Å². The molecule has 0 unspecified atom stereocenters. The number of piperazine rings is 1. The van der Waals surface area contributed by atoms with Gasteiger partial charge in [-0.25, -0.2) is 21.6 Å². The van der Waals surface area contributed by atoms with E-state index in [0.717, 1.165) is 18.2 Å². The van der Waals surface area contributed by atoms with Gasteiger partial charge in [0.1, 0.15) is 17.5 Å². The van der Waals surface area contributed by atoms with Gasteiger partial charge in [-0.1, -0.05) is 0 Å². The van der Waals surface area contributed by atoms with Gasteiger partial charge in [-0.15, -0.1) is 0 Å². The third-order valence-corrected chi connectivity index (χ3v) is 7.58. The monoisotopic (exact) mass is 453 g/mol. The van der Waals surface area contributed by atoms with Crippen molar-refractivity contribution in [1.29, 1.82) is 0 Å². The zero-order valence-corrected chi connectivity index (χ0v) is 17.5. The van der Waals surface area contributed by atoms with Crippen molar-refractivity contribution < 1.29 is 26.4 Å². The van der Waals surface area contributed by atoms with Gasteiger partial charge in [0.25, 0.3) is 0 Å². The summed E-state index contributed by atoms with van der Waals surface area (Å²) in [6.07, 6.45) is 1.24. The number of anilines is 1. The van der Waals surface area contributed by atoms with Crippen LogP contribution in [-0.2, 0) is 21.2 Å². The van der Waals surface area contributed by atoms with E-state index < -0.39 is 27.5 Å². The lowest BCUT2D eigenvalue weighted by molar-refractivity contribution is -0.130. The van der Waals surface area contributed by atoms with E-state index in [-0.39, 0.29) is 49.2 Å². The highest BCUT2D eigenvalue weighted by atomic mass is 32.2. The van der Waals surface area contributed by atoms with Crippen molar-refractivity contribution in [1.82, 2.24) is 9.21 Å². The number of sulfonamides is 1. The molecule has 2 aromatic rings. The third kappa shape index (κ3) is 4.40. The van der Waals surface area contributed by atoms with Gasteiger partial charge in [0, 0.05) is 38.8 Å². The Morgan fingerprint density at radius 3 is 2.26 bits per heavy atom. The van der Waals surface area contributed by atoms with E-state index in [1.165, 1.54) is 22.5 Å². The van der Waals surface area contributed by atoms with E-state index in [2.05, 4.69) is 0 Å². The van der Waals surface area contributed by atoms with Crippen LogP contribution in [0.2, 0.25) is 0 Å². The average molecular weight is 453 g/mol. The standard InChI is InChI=1S/C21H22F3N3O3S/c22-16-3-5-18(6-4-16)31(29,30)27-10-8-25(9-11-27)20(28)14-26-7-1-2-15-12-17(23)13-19(24)21(15)26/h3-6,12-13H,1-2,7-11,14H2. The number of halogens is 3. The summed E-state index contributed by atoms with van der Waals surface area (Å²) in [5.74, 6) is -2.08. The quantitative estimate of drug-likeness (QED) is 0.714. The van der Waals surface area contributed by atoms with Gasteiger partial charge in [-0.05, 0) is 48.7 Å². The highest BCUT2D eigenvalue weighted by molar-refractivity contribution is 7.89. The van der Waals surface area contributed by atoms with Crippen LogP contribution in [0.25, 0.3) is 0 Å². The number of hydrogen-bond acceptors (Lipinski definition) is 4. The zero-order valence-electron chi connectivity index (χ0n) is 16.7. The summed E-state index contributed by atoms with van der Waals surface area (Å²) in [5.41, 5.74) is 0.810. The summed E-state index contributed by atoms with van der Waals surface area (Å²) in [5, 5.41) is 0. The predicted molar refractivity (Wildman–Crippen MR) is 109 cm³/mol. The van der Waals surface area contributed by atoms with Crippen LogP contribution in [0.3, 0.4) is 0 Å². The Balaban J connectivity index is 1.40. The van der Waals surface area contributed by atoms with E-state index in [1.807, 2.05) is 0 Å². The summed E-state index contributed by atoms with van der Waals surface area (Å²) >= 11 is 0. The molecule has 6 nitrogen and oxygen atoms in total. The predicted octanol–water partition coefficient (Wildman–Crippen LogP) is 2.39. The van der Waals surface area contributed by atoms with Crippen LogP contribution >= 0.6 is 0 Å². The minimum atomic E-state index is -3.77. The molecule has 0 atom stereocenters. The minimum absolute atomic E-state index is 0.00121. The molecule has 2 aromatic carbocycles. The van der Waals surface area contributed by atoms with E-state index >= 15 is 0 Å². The molecule has 2 aliphatic rings. The molecule has 0 bridgehead atoms. The fourth-order valence-corrected chi connectivity index (χ4v) is 5.51. The van der Waals surface area contributed by atoms with Gasteiger partial charge in [0.15, 0.2) is 0 Å². The molecule has 0 saturated carbocycles. The number of carbonyl (C=O) groups is 1. The van der Waals surface area contributed by atoms with Crippen molar-refractivity contribution in [2.45, 2.75) is 17.7 Å².